The number of unbranched alkanes of at least 4 members (excludes halogenated alkanes) is 1. The zero-order valence-corrected chi connectivity index (χ0v) is 22.0. The molecule has 0 atom stereocenters. The van der Waals surface area contributed by atoms with Crippen LogP contribution in [0.3, 0.4) is 0 Å². The Hall–Kier alpha value is -1.26. The second-order valence-electron chi connectivity index (χ2n) is 9.15. The Morgan fingerprint density at radius 3 is 1.94 bits per heavy atom. The fourth-order valence-corrected chi connectivity index (χ4v) is 3.38. The molecule has 0 saturated heterocycles. The second-order valence-corrected chi connectivity index (χ2v) is 10.3. The molecule has 0 amide bonds. The van der Waals surface area contributed by atoms with Gasteiger partial charge in [-0.25, -0.2) is 4.79 Å². The Kier molecular flexibility index (Phi) is 21.5. The van der Waals surface area contributed by atoms with E-state index in [4.69, 9.17) is 4.74 Å². The van der Waals surface area contributed by atoms with Gasteiger partial charge in [-0.3, -0.25) is 0 Å². The van der Waals surface area contributed by atoms with Gasteiger partial charge < -0.3 is 10.1 Å². The van der Waals surface area contributed by atoms with Gasteiger partial charge in [-0.05, 0) is 88.7 Å². The molecule has 0 heterocycles. The molecular weight excluding hydrogens is 402 g/mol. The topological polar surface area (TPSA) is 38.3 Å². The lowest BCUT2D eigenvalue weighted by atomic mass is 9.86. The van der Waals surface area contributed by atoms with Crippen molar-refractivity contribution in [3.05, 3.63) is 46.9 Å². The van der Waals surface area contributed by atoms with Crippen LogP contribution in [0.4, 0.5) is 4.79 Å². The molecule has 0 aliphatic heterocycles. The SMILES string of the molecule is C.CC(=CC(C)(C)CCCc1ccccc1)SC(=O)OC(C)(C)C.CCCC.CNC. The summed E-state index contributed by atoms with van der Waals surface area (Å²) < 4.78 is 5.35. The van der Waals surface area contributed by atoms with E-state index in [9.17, 15) is 4.79 Å². The highest BCUT2D eigenvalue weighted by molar-refractivity contribution is 8.16. The van der Waals surface area contributed by atoms with Crippen LogP contribution in [0, 0.1) is 5.41 Å². The summed E-state index contributed by atoms with van der Waals surface area (Å²) in [7, 11) is 3.75. The highest BCUT2D eigenvalue weighted by atomic mass is 32.2. The van der Waals surface area contributed by atoms with Crippen LogP contribution in [-0.2, 0) is 11.2 Å². The van der Waals surface area contributed by atoms with Crippen molar-refractivity contribution in [1.29, 1.82) is 0 Å². The van der Waals surface area contributed by atoms with Crippen LogP contribution in [-0.4, -0.2) is 25.0 Å². The van der Waals surface area contributed by atoms with Gasteiger partial charge >= 0.3 is 5.30 Å². The predicted molar refractivity (Wildman–Crippen MR) is 143 cm³/mol. The van der Waals surface area contributed by atoms with Crippen LogP contribution in [0.5, 0.6) is 0 Å². The molecule has 1 aromatic carbocycles. The lowest BCUT2D eigenvalue weighted by Crippen LogP contribution is -2.21. The highest BCUT2D eigenvalue weighted by Crippen LogP contribution is 2.31. The summed E-state index contributed by atoms with van der Waals surface area (Å²) in [6, 6.07) is 10.6. The Labute approximate surface area is 198 Å². The summed E-state index contributed by atoms with van der Waals surface area (Å²) in [5.74, 6) is 0. The lowest BCUT2D eigenvalue weighted by molar-refractivity contribution is 0.0739. The molecule has 3 nitrogen and oxygen atoms in total. The van der Waals surface area contributed by atoms with Gasteiger partial charge in [0.2, 0.25) is 0 Å². The van der Waals surface area contributed by atoms with Gasteiger partial charge in [0.25, 0.3) is 0 Å². The standard InChI is InChI=1S/C20H30O2S.C4H10.C2H7N.CH4/c1-16(23-18(21)22-19(2,3)4)15-20(5,6)14-10-13-17-11-8-7-9-12-17;1-3-4-2;1-3-2;/h7-9,11-12,15H,10,13-14H2,1-6H3;3-4H2,1-2H3;3H,1-2H3;1H4. The van der Waals surface area contributed by atoms with Crippen LogP contribution in [0.15, 0.2) is 41.3 Å². The summed E-state index contributed by atoms with van der Waals surface area (Å²) >= 11 is 1.18. The molecule has 0 bridgehead atoms. The second kappa shape index (κ2) is 19.4. The molecule has 1 N–H and O–H groups in total. The predicted octanol–water partition coefficient (Wildman–Crippen LogP) is 8.89. The van der Waals surface area contributed by atoms with Crippen molar-refractivity contribution in [3.8, 4) is 0 Å². The summed E-state index contributed by atoms with van der Waals surface area (Å²) in [6.45, 7) is 16.4. The first-order valence-electron chi connectivity index (χ1n) is 11.1. The number of benzene rings is 1. The molecule has 0 unspecified atom stereocenters. The summed E-state index contributed by atoms with van der Waals surface area (Å²) in [4.78, 5) is 12.9. The van der Waals surface area contributed by atoms with Crippen molar-refractivity contribution in [1.82, 2.24) is 5.32 Å². The van der Waals surface area contributed by atoms with Gasteiger partial charge in [0.05, 0.1) is 0 Å². The van der Waals surface area contributed by atoms with E-state index in [0.717, 1.165) is 24.2 Å². The zero-order chi connectivity index (χ0) is 23.6. The van der Waals surface area contributed by atoms with E-state index < -0.39 is 5.60 Å². The Balaban J connectivity index is -0.000000856. The molecule has 0 spiro atoms. The largest absolute Gasteiger partial charge is 0.452 e. The van der Waals surface area contributed by atoms with Gasteiger partial charge in [-0.15, -0.1) is 0 Å². The maximum Gasteiger partial charge on any atom is 0.372 e. The fraction of sp³-hybridized carbons (Fsp3) is 0.667. The third-order valence-electron chi connectivity index (χ3n) is 3.86. The maximum absolute atomic E-state index is 11.9. The van der Waals surface area contributed by atoms with Crippen LogP contribution in [0.25, 0.3) is 0 Å². The van der Waals surface area contributed by atoms with Crippen LogP contribution in [0.1, 0.15) is 94.1 Å². The van der Waals surface area contributed by atoms with Crippen molar-refractivity contribution >= 4 is 17.1 Å². The van der Waals surface area contributed by atoms with E-state index in [0.29, 0.717) is 0 Å². The summed E-state index contributed by atoms with van der Waals surface area (Å²) in [6.07, 6.45) is 8.15. The number of thioether (sulfide) groups is 1. The first-order valence-corrected chi connectivity index (χ1v) is 11.9. The van der Waals surface area contributed by atoms with Crippen molar-refractivity contribution in [2.75, 3.05) is 14.1 Å². The Morgan fingerprint density at radius 1 is 1.03 bits per heavy atom. The average molecular weight is 454 g/mol. The third kappa shape index (κ3) is 24.9. The maximum atomic E-state index is 11.9. The van der Waals surface area contributed by atoms with Crippen molar-refractivity contribution in [2.45, 2.75) is 101 Å². The number of aryl methyl sites for hydroxylation is 1. The number of hydrogen-bond donors (Lipinski definition) is 1. The number of carbonyl (C=O) groups excluding carboxylic acids is 1. The van der Waals surface area contributed by atoms with Gasteiger partial charge in [0, 0.05) is 0 Å². The van der Waals surface area contributed by atoms with Crippen molar-refractivity contribution in [3.63, 3.8) is 0 Å². The minimum Gasteiger partial charge on any atom is -0.452 e. The van der Waals surface area contributed by atoms with Gasteiger partial charge in [-0.2, -0.15) is 0 Å². The number of allylic oxidation sites excluding steroid dienone is 2. The first kappa shape index (κ1) is 34.4. The average Bonchev–Trinajstić information content (AvgIpc) is 2.61. The van der Waals surface area contributed by atoms with Crippen LogP contribution < -0.4 is 5.32 Å². The fourth-order valence-electron chi connectivity index (χ4n) is 2.45. The Morgan fingerprint density at radius 2 is 1.52 bits per heavy atom. The molecule has 1 rings (SSSR count). The molecule has 0 aromatic heterocycles. The minimum absolute atomic E-state index is 0. The monoisotopic (exact) mass is 453 g/mol. The molecule has 0 saturated carbocycles. The van der Waals surface area contributed by atoms with E-state index in [1.165, 1.54) is 30.2 Å². The number of carbonyl (C=O) groups is 1. The molecular formula is C27H51NO2S. The van der Waals surface area contributed by atoms with E-state index in [1.807, 2.05) is 47.9 Å². The molecule has 0 aliphatic rings. The van der Waals surface area contributed by atoms with Gasteiger partial charge in [0.1, 0.15) is 5.60 Å². The number of hydrogen-bond acceptors (Lipinski definition) is 4. The van der Waals surface area contributed by atoms with Crippen LogP contribution >= 0.6 is 11.8 Å². The molecule has 0 fully saturated rings. The normalized spacial score (nSPS) is 11.2. The van der Waals surface area contributed by atoms with Gasteiger partial charge in [-0.1, -0.05) is 84.4 Å². The Bertz CT molecular complexity index is 573. The molecule has 4 heteroatoms. The first-order chi connectivity index (χ1) is 13.9. The third-order valence-corrected chi connectivity index (χ3v) is 4.55. The van der Waals surface area contributed by atoms with E-state index in [2.05, 4.69) is 63.4 Å². The summed E-state index contributed by atoms with van der Waals surface area (Å²) in [5, 5.41) is 2.52. The molecule has 1 aromatic rings. The molecule has 0 radical (unpaired) electrons. The quantitative estimate of drug-likeness (QED) is 0.418. The minimum atomic E-state index is -0.435. The molecule has 0 aliphatic carbocycles. The lowest BCUT2D eigenvalue weighted by Gasteiger charge is -2.22. The molecule has 31 heavy (non-hydrogen) atoms. The van der Waals surface area contributed by atoms with E-state index >= 15 is 0 Å². The van der Waals surface area contributed by atoms with Crippen molar-refractivity contribution < 1.29 is 9.53 Å². The highest BCUT2D eigenvalue weighted by Gasteiger charge is 2.19. The number of rotatable bonds is 7. The number of nitrogens with one attached hydrogen (secondary N) is 1. The van der Waals surface area contributed by atoms with Crippen molar-refractivity contribution in [2.24, 2.45) is 5.41 Å². The van der Waals surface area contributed by atoms with E-state index in [1.54, 1.807) is 0 Å². The molecule has 182 valence electrons. The smallest absolute Gasteiger partial charge is 0.372 e. The van der Waals surface area contributed by atoms with E-state index in [-0.39, 0.29) is 18.1 Å². The summed E-state index contributed by atoms with van der Waals surface area (Å²) in [5.41, 5.74) is 1.02. The number of ether oxygens (including phenoxy) is 1. The zero-order valence-electron chi connectivity index (χ0n) is 21.2. The van der Waals surface area contributed by atoms with Crippen LogP contribution in [0.2, 0.25) is 0 Å². The van der Waals surface area contributed by atoms with Gasteiger partial charge in [0.15, 0.2) is 0 Å².